The van der Waals surface area contributed by atoms with Crippen LogP contribution in [-0.2, 0) is 29.2 Å². The average Bonchev–Trinajstić information content (AvgIpc) is 3.22. The molecule has 1 N–H and O–H groups in total. The number of aryl methyl sites for hydroxylation is 2. The SMILES string of the molecule is CCOC(=O)Cn1c(=O)c2c(C)c(CN3CCNC3=O)sc2n(CCC(F)(F)F)c1=O. The molecule has 0 aromatic carbocycles. The van der Waals surface area contributed by atoms with Gasteiger partial charge in [0.15, 0.2) is 0 Å². The van der Waals surface area contributed by atoms with E-state index in [1.54, 1.807) is 13.8 Å². The highest BCUT2D eigenvalue weighted by atomic mass is 32.1. The van der Waals surface area contributed by atoms with Crippen molar-refractivity contribution in [3.8, 4) is 0 Å². The van der Waals surface area contributed by atoms with Gasteiger partial charge in [-0.2, -0.15) is 13.2 Å². The van der Waals surface area contributed by atoms with Crippen LogP contribution >= 0.6 is 11.3 Å². The zero-order valence-corrected chi connectivity index (χ0v) is 17.7. The van der Waals surface area contributed by atoms with Gasteiger partial charge in [-0.3, -0.25) is 14.2 Å². The molecule has 0 saturated carbocycles. The Balaban J connectivity index is 2.15. The van der Waals surface area contributed by atoms with Crippen molar-refractivity contribution in [3.63, 3.8) is 0 Å². The van der Waals surface area contributed by atoms with Crippen LogP contribution in [0.4, 0.5) is 18.0 Å². The topological polar surface area (TPSA) is 103 Å². The van der Waals surface area contributed by atoms with Crippen molar-refractivity contribution in [2.24, 2.45) is 0 Å². The molecule has 13 heteroatoms. The van der Waals surface area contributed by atoms with Gasteiger partial charge in [0.25, 0.3) is 5.56 Å². The van der Waals surface area contributed by atoms with Gasteiger partial charge in [-0.25, -0.2) is 14.2 Å². The Labute approximate surface area is 178 Å². The first-order chi connectivity index (χ1) is 14.5. The number of amides is 2. The van der Waals surface area contributed by atoms with Gasteiger partial charge >= 0.3 is 23.9 Å². The van der Waals surface area contributed by atoms with E-state index in [1.165, 1.54) is 4.90 Å². The number of halogens is 3. The zero-order valence-electron chi connectivity index (χ0n) is 16.9. The van der Waals surface area contributed by atoms with Crippen molar-refractivity contribution in [1.82, 2.24) is 19.4 Å². The Bertz CT molecular complexity index is 1130. The van der Waals surface area contributed by atoms with Gasteiger partial charge in [-0.15, -0.1) is 11.3 Å². The van der Waals surface area contributed by atoms with E-state index < -0.39 is 42.9 Å². The summed E-state index contributed by atoms with van der Waals surface area (Å²) < 4.78 is 44.8. The summed E-state index contributed by atoms with van der Waals surface area (Å²) in [5.41, 5.74) is -1.33. The fraction of sp³-hybridized carbons (Fsp3) is 0.556. The zero-order chi connectivity index (χ0) is 22.9. The summed E-state index contributed by atoms with van der Waals surface area (Å²) in [4.78, 5) is 51.8. The maximum Gasteiger partial charge on any atom is 0.390 e. The predicted octanol–water partition coefficient (Wildman–Crippen LogP) is 1.57. The van der Waals surface area contributed by atoms with Gasteiger partial charge in [-0.05, 0) is 19.4 Å². The predicted molar refractivity (Wildman–Crippen MR) is 106 cm³/mol. The van der Waals surface area contributed by atoms with E-state index in [0.717, 1.165) is 15.9 Å². The number of rotatable bonds is 7. The Morgan fingerprint density at radius 1 is 1.23 bits per heavy atom. The fourth-order valence-electron chi connectivity index (χ4n) is 3.34. The van der Waals surface area contributed by atoms with E-state index in [0.29, 0.717) is 28.1 Å². The number of esters is 1. The number of fused-ring (bicyclic) bond motifs is 1. The summed E-state index contributed by atoms with van der Waals surface area (Å²) in [6.45, 7) is 2.84. The lowest BCUT2D eigenvalue weighted by Crippen LogP contribution is -2.42. The number of carbonyl (C=O) groups is 2. The number of hydrogen-bond donors (Lipinski definition) is 1. The van der Waals surface area contributed by atoms with Gasteiger partial charge in [0.1, 0.15) is 11.4 Å². The van der Waals surface area contributed by atoms with E-state index in [2.05, 4.69) is 5.32 Å². The number of thiophene rings is 1. The van der Waals surface area contributed by atoms with Crippen LogP contribution in [0.1, 0.15) is 23.8 Å². The molecule has 2 amide bonds. The van der Waals surface area contributed by atoms with E-state index >= 15 is 0 Å². The first-order valence-electron chi connectivity index (χ1n) is 9.54. The number of alkyl halides is 3. The molecule has 2 aromatic rings. The monoisotopic (exact) mass is 462 g/mol. The number of urea groups is 1. The summed E-state index contributed by atoms with van der Waals surface area (Å²) in [6.07, 6.45) is -5.79. The maximum absolute atomic E-state index is 13.0. The van der Waals surface area contributed by atoms with Crippen LogP contribution in [0.15, 0.2) is 9.59 Å². The first kappa shape index (κ1) is 22.8. The molecule has 3 rings (SSSR count). The second-order valence-electron chi connectivity index (χ2n) is 6.98. The average molecular weight is 462 g/mol. The van der Waals surface area contributed by atoms with Crippen molar-refractivity contribution in [3.05, 3.63) is 31.3 Å². The lowest BCUT2D eigenvalue weighted by atomic mass is 10.2. The number of aromatic nitrogens is 2. The Morgan fingerprint density at radius 3 is 2.52 bits per heavy atom. The Hall–Kier alpha value is -2.83. The highest BCUT2D eigenvalue weighted by Crippen LogP contribution is 2.30. The van der Waals surface area contributed by atoms with Crippen molar-refractivity contribution in [1.29, 1.82) is 0 Å². The maximum atomic E-state index is 13.0. The molecule has 0 spiro atoms. The van der Waals surface area contributed by atoms with E-state index in [1.807, 2.05) is 0 Å². The molecule has 0 atom stereocenters. The minimum Gasteiger partial charge on any atom is -0.465 e. The molecular weight excluding hydrogens is 441 g/mol. The molecule has 3 heterocycles. The van der Waals surface area contributed by atoms with Crippen LogP contribution in [0.25, 0.3) is 10.2 Å². The summed E-state index contributed by atoms with van der Waals surface area (Å²) in [5, 5.41) is 2.71. The van der Waals surface area contributed by atoms with Crippen LogP contribution in [-0.4, -0.2) is 51.9 Å². The third-order valence-corrected chi connectivity index (χ3v) is 6.18. The van der Waals surface area contributed by atoms with E-state index in [4.69, 9.17) is 4.74 Å². The smallest absolute Gasteiger partial charge is 0.390 e. The normalized spacial score (nSPS) is 14.4. The van der Waals surface area contributed by atoms with Gasteiger partial charge in [-0.1, -0.05) is 0 Å². The third-order valence-electron chi connectivity index (χ3n) is 4.88. The second kappa shape index (κ2) is 8.73. The third kappa shape index (κ3) is 4.75. The molecule has 2 aromatic heterocycles. The fourth-order valence-corrected chi connectivity index (χ4v) is 4.67. The van der Waals surface area contributed by atoms with E-state index in [9.17, 15) is 32.3 Å². The molecular formula is C18H21F3N4O5S. The largest absolute Gasteiger partial charge is 0.465 e. The molecule has 0 aliphatic carbocycles. The molecule has 0 unspecified atom stereocenters. The Kier molecular flexibility index (Phi) is 6.43. The lowest BCUT2D eigenvalue weighted by molar-refractivity contribution is -0.144. The number of hydrogen-bond acceptors (Lipinski definition) is 6. The van der Waals surface area contributed by atoms with Crippen molar-refractivity contribution < 1.29 is 27.5 Å². The van der Waals surface area contributed by atoms with Gasteiger partial charge in [0.05, 0.1) is 25.0 Å². The number of ether oxygens (including phenoxy) is 1. The van der Waals surface area contributed by atoms with Gasteiger partial charge in [0.2, 0.25) is 0 Å². The molecule has 0 radical (unpaired) electrons. The van der Waals surface area contributed by atoms with Crippen molar-refractivity contribution in [2.75, 3.05) is 19.7 Å². The summed E-state index contributed by atoms with van der Waals surface area (Å²) >= 11 is 1.00. The van der Waals surface area contributed by atoms with Crippen molar-refractivity contribution >= 4 is 33.6 Å². The summed E-state index contributed by atoms with van der Waals surface area (Å²) in [6, 6.07) is -0.286. The Morgan fingerprint density at radius 2 is 1.94 bits per heavy atom. The second-order valence-corrected chi connectivity index (χ2v) is 8.06. The van der Waals surface area contributed by atoms with Crippen LogP contribution < -0.4 is 16.6 Å². The van der Waals surface area contributed by atoms with Crippen LogP contribution in [0.5, 0.6) is 0 Å². The summed E-state index contributed by atoms with van der Waals surface area (Å²) in [7, 11) is 0. The molecule has 31 heavy (non-hydrogen) atoms. The highest BCUT2D eigenvalue weighted by molar-refractivity contribution is 7.18. The number of carbonyl (C=O) groups excluding carboxylic acids is 2. The molecule has 0 bridgehead atoms. The standard InChI is InChI=1S/C18H21F3N4O5S/c1-3-30-12(26)9-25-14(27)13-10(2)11(8-23-7-5-22-16(23)28)31-15(13)24(17(25)29)6-4-18(19,20)21/h3-9H2,1-2H3,(H,22,28). The van der Waals surface area contributed by atoms with Crippen LogP contribution in [0.2, 0.25) is 0 Å². The van der Waals surface area contributed by atoms with E-state index in [-0.39, 0.29) is 29.4 Å². The van der Waals surface area contributed by atoms with Crippen molar-refractivity contribution in [2.45, 2.75) is 46.1 Å². The molecule has 1 fully saturated rings. The number of nitrogens with one attached hydrogen (secondary N) is 1. The summed E-state index contributed by atoms with van der Waals surface area (Å²) in [5.74, 6) is -0.842. The van der Waals surface area contributed by atoms with Gasteiger partial charge in [0, 0.05) is 24.5 Å². The highest BCUT2D eigenvalue weighted by Gasteiger charge is 2.29. The first-order valence-corrected chi connectivity index (χ1v) is 10.4. The quantitative estimate of drug-likeness (QED) is 0.630. The van der Waals surface area contributed by atoms with Gasteiger partial charge < -0.3 is 15.0 Å². The van der Waals surface area contributed by atoms with Crippen LogP contribution in [0, 0.1) is 6.92 Å². The molecule has 9 nitrogen and oxygen atoms in total. The molecule has 1 aliphatic heterocycles. The minimum absolute atomic E-state index is 0.0254. The molecule has 170 valence electrons. The molecule has 1 aliphatic rings. The minimum atomic E-state index is -4.52. The molecule has 1 saturated heterocycles. The number of nitrogens with zero attached hydrogens (tertiary/aromatic N) is 3. The lowest BCUT2D eigenvalue weighted by Gasteiger charge is -2.13. The van der Waals surface area contributed by atoms with Crippen LogP contribution in [0.3, 0.4) is 0 Å².